The first-order valence-corrected chi connectivity index (χ1v) is 9.58. The highest BCUT2D eigenvalue weighted by molar-refractivity contribution is 6.30. The van der Waals surface area contributed by atoms with Crippen molar-refractivity contribution in [2.45, 2.75) is 6.42 Å². The number of carbonyl (C=O) groups is 1. The minimum Gasteiger partial charge on any atom is -0.371 e. The van der Waals surface area contributed by atoms with E-state index in [1.807, 2.05) is 30.3 Å². The number of halogens is 1. The maximum absolute atomic E-state index is 12.4. The molecule has 3 aromatic rings. The number of carbonyl (C=O) groups excluding carboxylic acids is 1. The summed E-state index contributed by atoms with van der Waals surface area (Å²) in [5, 5.41) is 3.74. The molecule has 1 aliphatic heterocycles. The molecule has 1 saturated heterocycles. The van der Waals surface area contributed by atoms with Gasteiger partial charge in [-0.25, -0.2) is 9.97 Å². The van der Waals surface area contributed by atoms with Crippen LogP contribution >= 0.6 is 11.6 Å². The number of nitrogens with one attached hydrogen (secondary N) is 1. The number of nitrogens with zero attached hydrogens (tertiary/aromatic N) is 4. The zero-order chi connectivity index (χ0) is 19.3. The highest BCUT2D eigenvalue weighted by Crippen LogP contribution is 2.25. The molecule has 3 heterocycles. The largest absolute Gasteiger partial charge is 0.371 e. The van der Waals surface area contributed by atoms with E-state index in [0.717, 1.165) is 35.8 Å². The van der Waals surface area contributed by atoms with Crippen LogP contribution in [0.4, 0.5) is 5.69 Å². The Labute approximate surface area is 168 Å². The fourth-order valence-electron chi connectivity index (χ4n) is 3.34. The zero-order valence-electron chi connectivity index (χ0n) is 15.3. The summed E-state index contributed by atoms with van der Waals surface area (Å²) in [7, 11) is 0. The van der Waals surface area contributed by atoms with Crippen LogP contribution in [0.15, 0.2) is 61.2 Å². The molecule has 2 aromatic heterocycles. The Morgan fingerprint density at radius 1 is 1.18 bits per heavy atom. The van der Waals surface area contributed by atoms with E-state index < -0.39 is 0 Å². The predicted molar refractivity (Wildman–Crippen MR) is 109 cm³/mol. The molecule has 0 spiro atoms. The Kier molecular flexibility index (Phi) is 5.48. The Morgan fingerprint density at radius 2 is 2.04 bits per heavy atom. The van der Waals surface area contributed by atoms with Crippen molar-refractivity contribution in [3.05, 3.63) is 71.8 Å². The SMILES string of the molecule is O=C(NCC1CCN(c2cccc(Cl)c2)C1)c1cnc(-c2cccnc2)nc1. The molecule has 1 aliphatic rings. The van der Waals surface area contributed by atoms with E-state index in [0.29, 0.717) is 23.9 Å². The number of benzene rings is 1. The molecule has 1 aromatic carbocycles. The quantitative estimate of drug-likeness (QED) is 0.718. The van der Waals surface area contributed by atoms with Gasteiger partial charge in [0.2, 0.25) is 0 Å². The van der Waals surface area contributed by atoms with Crippen LogP contribution < -0.4 is 10.2 Å². The first-order valence-electron chi connectivity index (χ1n) is 9.20. The van der Waals surface area contributed by atoms with E-state index in [1.54, 1.807) is 24.8 Å². The summed E-state index contributed by atoms with van der Waals surface area (Å²) < 4.78 is 0. The van der Waals surface area contributed by atoms with E-state index in [1.165, 1.54) is 0 Å². The van der Waals surface area contributed by atoms with Gasteiger partial charge < -0.3 is 10.2 Å². The second-order valence-electron chi connectivity index (χ2n) is 6.83. The van der Waals surface area contributed by atoms with Crippen LogP contribution in [0.25, 0.3) is 11.4 Å². The maximum atomic E-state index is 12.4. The lowest BCUT2D eigenvalue weighted by Crippen LogP contribution is -2.31. The Bertz CT molecular complexity index is 949. The fraction of sp³-hybridized carbons (Fsp3) is 0.238. The predicted octanol–water partition coefficient (Wildman–Crippen LogP) is 3.45. The highest BCUT2D eigenvalue weighted by atomic mass is 35.5. The molecule has 1 unspecified atom stereocenters. The highest BCUT2D eigenvalue weighted by Gasteiger charge is 2.23. The molecule has 142 valence electrons. The van der Waals surface area contributed by atoms with Crippen LogP contribution in [0, 0.1) is 5.92 Å². The van der Waals surface area contributed by atoms with E-state index in [4.69, 9.17) is 11.6 Å². The van der Waals surface area contributed by atoms with Crippen molar-refractivity contribution in [1.29, 1.82) is 0 Å². The molecule has 28 heavy (non-hydrogen) atoms. The molecule has 7 heteroatoms. The van der Waals surface area contributed by atoms with Crippen molar-refractivity contribution in [3.63, 3.8) is 0 Å². The van der Waals surface area contributed by atoms with E-state index in [9.17, 15) is 4.79 Å². The summed E-state index contributed by atoms with van der Waals surface area (Å²) >= 11 is 6.08. The van der Waals surface area contributed by atoms with Crippen LogP contribution in [-0.4, -0.2) is 40.5 Å². The second-order valence-corrected chi connectivity index (χ2v) is 7.26. The summed E-state index contributed by atoms with van der Waals surface area (Å²) in [5.74, 6) is 0.801. The minimum absolute atomic E-state index is 0.154. The van der Waals surface area contributed by atoms with Gasteiger partial charge in [-0.05, 0) is 42.7 Å². The van der Waals surface area contributed by atoms with Gasteiger partial charge in [-0.2, -0.15) is 0 Å². The zero-order valence-corrected chi connectivity index (χ0v) is 16.0. The third-order valence-corrected chi connectivity index (χ3v) is 5.08. The Morgan fingerprint density at radius 3 is 2.79 bits per heavy atom. The molecule has 6 nitrogen and oxygen atoms in total. The van der Waals surface area contributed by atoms with Gasteiger partial charge in [-0.3, -0.25) is 9.78 Å². The van der Waals surface area contributed by atoms with Gasteiger partial charge in [0.15, 0.2) is 5.82 Å². The molecule has 0 aliphatic carbocycles. The third kappa shape index (κ3) is 4.28. The van der Waals surface area contributed by atoms with E-state index in [2.05, 4.69) is 31.2 Å². The van der Waals surface area contributed by atoms with Gasteiger partial charge in [0.25, 0.3) is 5.91 Å². The number of rotatable bonds is 5. The van der Waals surface area contributed by atoms with Crippen molar-refractivity contribution in [2.75, 3.05) is 24.5 Å². The summed E-state index contributed by atoms with van der Waals surface area (Å²) in [6.07, 6.45) is 7.53. The molecule has 0 bridgehead atoms. The van der Waals surface area contributed by atoms with E-state index >= 15 is 0 Å². The van der Waals surface area contributed by atoms with Crippen molar-refractivity contribution >= 4 is 23.2 Å². The van der Waals surface area contributed by atoms with Crippen molar-refractivity contribution < 1.29 is 4.79 Å². The first-order chi connectivity index (χ1) is 13.7. The summed E-state index contributed by atoms with van der Waals surface area (Å²) in [6.45, 7) is 2.49. The molecule has 1 fully saturated rings. The molecule has 1 amide bonds. The average Bonchev–Trinajstić information content (AvgIpc) is 3.22. The standard InChI is InChI=1S/C21H20ClN5O/c22-18-4-1-5-19(9-18)27-8-6-15(14-27)10-26-21(28)17-12-24-20(25-13-17)16-3-2-7-23-11-16/h1-5,7,9,11-13,15H,6,8,10,14H2,(H,26,28). The lowest BCUT2D eigenvalue weighted by Gasteiger charge is -2.19. The van der Waals surface area contributed by atoms with Crippen molar-refractivity contribution in [2.24, 2.45) is 5.92 Å². The van der Waals surface area contributed by atoms with Crippen molar-refractivity contribution in [1.82, 2.24) is 20.3 Å². The van der Waals surface area contributed by atoms with E-state index in [-0.39, 0.29) is 5.91 Å². The lowest BCUT2D eigenvalue weighted by molar-refractivity contribution is 0.0947. The average molecular weight is 394 g/mol. The van der Waals surface area contributed by atoms with Gasteiger partial charge in [0.05, 0.1) is 5.56 Å². The molecule has 1 atom stereocenters. The van der Waals surface area contributed by atoms with Crippen LogP contribution in [0.1, 0.15) is 16.8 Å². The Hall–Kier alpha value is -2.99. The maximum Gasteiger partial charge on any atom is 0.254 e. The first kappa shape index (κ1) is 18.4. The number of pyridine rings is 1. The monoisotopic (exact) mass is 393 g/mol. The molecule has 0 radical (unpaired) electrons. The van der Waals surface area contributed by atoms with Crippen LogP contribution in [0.3, 0.4) is 0 Å². The Balaban J connectivity index is 1.31. The van der Waals surface area contributed by atoms with Gasteiger partial charge in [-0.15, -0.1) is 0 Å². The molecular formula is C21H20ClN5O. The number of hydrogen-bond acceptors (Lipinski definition) is 5. The number of aromatic nitrogens is 3. The normalized spacial score (nSPS) is 16.2. The van der Waals surface area contributed by atoms with Crippen LogP contribution in [0.2, 0.25) is 5.02 Å². The summed E-state index contributed by atoms with van der Waals surface area (Å²) in [6, 6.07) is 11.6. The van der Waals surface area contributed by atoms with Crippen LogP contribution in [0.5, 0.6) is 0 Å². The minimum atomic E-state index is -0.154. The smallest absolute Gasteiger partial charge is 0.254 e. The van der Waals surface area contributed by atoms with Crippen LogP contribution in [-0.2, 0) is 0 Å². The van der Waals surface area contributed by atoms with Gasteiger partial charge >= 0.3 is 0 Å². The number of amides is 1. The molecule has 1 N–H and O–H groups in total. The second kappa shape index (κ2) is 8.35. The number of anilines is 1. The summed E-state index contributed by atoms with van der Waals surface area (Å²) in [5.41, 5.74) is 2.40. The lowest BCUT2D eigenvalue weighted by atomic mass is 10.1. The third-order valence-electron chi connectivity index (χ3n) is 4.84. The summed E-state index contributed by atoms with van der Waals surface area (Å²) in [4.78, 5) is 27.3. The van der Waals surface area contributed by atoms with Crippen molar-refractivity contribution in [3.8, 4) is 11.4 Å². The topological polar surface area (TPSA) is 71.0 Å². The van der Waals surface area contributed by atoms with Gasteiger partial charge in [0.1, 0.15) is 0 Å². The molecular weight excluding hydrogens is 374 g/mol. The van der Waals surface area contributed by atoms with Gasteiger partial charge in [0, 0.05) is 60.7 Å². The number of hydrogen-bond donors (Lipinski definition) is 1. The molecule has 4 rings (SSSR count). The fourth-order valence-corrected chi connectivity index (χ4v) is 3.52. The van der Waals surface area contributed by atoms with Gasteiger partial charge in [-0.1, -0.05) is 17.7 Å². The molecule has 0 saturated carbocycles.